The van der Waals surface area contributed by atoms with Crippen LogP contribution in [0.25, 0.3) is 10.8 Å². The molecule has 0 saturated carbocycles. The molecule has 2 saturated heterocycles. The number of nitriles is 1. The van der Waals surface area contributed by atoms with E-state index in [0.29, 0.717) is 57.7 Å². The van der Waals surface area contributed by atoms with Crippen LogP contribution in [0.3, 0.4) is 0 Å². The lowest BCUT2D eigenvalue weighted by Crippen LogP contribution is -2.55. The Morgan fingerprint density at radius 1 is 1.23 bits per heavy atom. The van der Waals surface area contributed by atoms with Crippen LogP contribution >= 0.6 is 11.6 Å². The molecule has 0 radical (unpaired) electrons. The van der Waals surface area contributed by atoms with Crippen LogP contribution < -0.4 is 14.5 Å². The van der Waals surface area contributed by atoms with Gasteiger partial charge in [0.1, 0.15) is 17.7 Å². The third-order valence-electron chi connectivity index (χ3n) is 8.76. The van der Waals surface area contributed by atoms with E-state index >= 15 is 0 Å². The summed E-state index contributed by atoms with van der Waals surface area (Å²) < 4.78 is 26.7. The molecule has 0 aliphatic carbocycles. The number of amides is 1. The van der Waals surface area contributed by atoms with Gasteiger partial charge in [-0.15, -0.1) is 0 Å². The van der Waals surface area contributed by atoms with Crippen molar-refractivity contribution in [3.8, 4) is 12.1 Å². The topological polar surface area (TPSA) is 98.1 Å². The highest BCUT2D eigenvalue weighted by Crippen LogP contribution is 2.38. The average Bonchev–Trinajstić information content (AvgIpc) is 3.50. The zero-order valence-corrected chi connectivity index (χ0v) is 25.6. The zero-order chi connectivity index (χ0) is 31.0. The number of carbonyl (C=O) groups is 1. The number of carbonyl (C=O) groups excluding carboxylic acids is 1. The Bertz CT molecular complexity index is 1630. The van der Waals surface area contributed by atoms with Gasteiger partial charge in [-0.25, -0.2) is 4.39 Å². The third kappa shape index (κ3) is 5.65. The molecule has 1 unspecified atom stereocenters. The number of benzene rings is 2. The second kappa shape index (κ2) is 12.6. The standard InChI is InChI=1S/C32H35ClFN7O3/c1-4-28(42)41-15-14-40(16-21(41)10-12-35)31-22-11-13-39(25-7-5-6-20-8-9-23(34)30(33)29(20)25)17-24(22)36-32(37-31)44-27-19-43-18-26(27)38(2)3/h4-9,21,26-27H,1,10-11,13-19H2,2-3H3/t21?,26-,27+/m0/s1. The minimum Gasteiger partial charge on any atom is -0.456 e. The first-order chi connectivity index (χ1) is 21.3. The van der Waals surface area contributed by atoms with Crippen LogP contribution in [-0.2, 0) is 22.5 Å². The van der Waals surface area contributed by atoms with Gasteiger partial charge in [-0.1, -0.05) is 36.4 Å². The summed E-state index contributed by atoms with van der Waals surface area (Å²) in [6.45, 7) is 7.14. The number of fused-ring (bicyclic) bond motifs is 2. The second-order valence-electron chi connectivity index (χ2n) is 11.6. The van der Waals surface area contributed by atoms with Gasteiger partial charge in [-0.05, 0) is 44.1 Å². The van der Waals surface area contributed by atoms with E-state index in [1.54, 1.807) is 11.0 Å². The SMILES string of the molecule is C=CC(=O)N1CCN(c2nc(O[C@@H]3COC[C@@H]3N(C)C)nc3c2CCN(c2cccc4ccc(F)c(Cl)c24)C3)CC1CC#N. The number of piperazine rings is 1. The predicted molar refractivity (Wildman–Crippen MR) is 167 cm³/mol. The summed E-state index contributed by atoms with van der Waals surface area (Å²) in [6, 6.07) is 11.2. The summed E-state index contributed by atoms with van der Waals surface area (Å²) in [5.74, 6) is 0.107. The zero-order valence-electron chi connectivity index (χ0n) is 24.9. The molecule has 44 heavy (non-hydrogen) atoms. The molecule has 0 spiro atoms. The van der Waals surface area contributed by atoms with E-state index in [9.17, 15) is 14.4 Å². The monoisotopic (exact) mass is 619 g/mol. The Morgan fingerprint density at radius 3 is 2.84 bits per heavy atom. The number of rotatable bonds is 7. The molecule has 6 rings (SSSR count). The van der Waals surface area contributed by atoms with E-state index in [2.05, 4.69) is 27.3 Å². The number of ether oxygens (including phenoxy) is 2. The van der Waals surface area contributed by atoms with Gasteiger partial charge in [0.25, 0.3) is 0 Å². The van der Waals surface area contributed by atoms with Crippen molar-refractivity contribution in [2.24, 2.45) is 0 Å². The maximum absolute atomic E-state index is 14.6. The Hall–Kier alpha value is -3.98. The van der Waals surface area contributed by atoms with Crippen LogP contribution in [0.1, 0.15) is 17.7 Å². The van der Waals surface area contributed by atoms with Crippen LogP contribution in [0.5, 0.6) is 6.01 Å². The molecule has 3 aliphatic heterocycles. The van der Waals surface area contributed by atoms with Gasteiger partial charge in [-0.3, -0.25) is 4.79 Å². The van der Waals surface area contributed by atoms with Crippen molar-refractivity contribution in [2.75, 3.05) is 63.3 Å². The van der Waals surface area contributed by atoms with Crippen molar-refractivity contribution in [1.82, 2.24) is 19.8 Å². The van der Waals surface area contributed by atoms with Gasteiger partial charge in [0.15, 0.2) is 0 Å². The molecule has 230 valence electrons. The Labute approximate surface area is 261 Å². The minimum atomic E-state index is -0.459. The molecule has 3 aliphatic rings. The fourth-order valence-electron chi connectivity index (χ4n) is 6.45. The van der Waals surface area contributed by atoms with Crippen LogP contribution in [0.4, 0.5) is 15.9 Å². The molecule has 2 aromatic carbocycles. The van der Waals surface area contributed by atoms with Gasteiger partial charge < -0.3 is 29.1 Å². The summed E-state index contributed by atoms with van der Waals surface area (Å²) in [5, 5.41) is 11.2. The summed E-state index contributed by atoms with van der Waals surface area (Å²) in [5.41, 5.74) is 2.64. The normalized spacial score (nSPS) is 21.8. The fourth-order valence-corrected chi connectivity index (χ4v) is 6.72. The molecular weight excluding hydrogens is 585 g/mol. The first-order valence-electron chi connectivity index (χ1n) is 14.8. The third-order valence-corrected chi connectivity index (χ3v) is 9.13. The highest BCUT2D eigenvalue weighted by atomic mass is 35.5. The van der Waals surface area contributed by atoms with Crippen LogP contribution in [-0.4, -0.2) is 97.4 Å². The molecule has 12 heteroatoms. The largest absolute Gasteiger partial charge is 0.456 e. The van der Waals surface area contributed by atoms with Gasteiger partial charge in [0.2, 0.25) is 5.91 Å². The molecular formula is C32H35ClFN7O3. The van der Waals surface area contributed by atoms with Crippen molar-refractivity contribution in [3.63, 3.8) is 0 Å². The van der Waals surface area contributed by atoms with Crippen molar-refractivity contribution < 1.29 is 18.7 Å². The maximum Gasteiger partial charge on any atom is 0.319 e. The van der Waals surface area contributed by atoms with Crippen molar-refractivity contribution in [3.05, 3.63) is 65.1 Å². The van der Waals surface area contributed by atoms with E-state index in [0.717, 1.165) is 28.1 Å². The maximum atomic E-state index is 14.6. The predicted octanol–water partition coefficient (Wildman–Crippen LogP) is 3.81. The number of halogens is 2. The number of anilines is 2. The lowest BCUT2D eigenvalue weighted by molar-refractivity contribution is -0.128. The first-order valence-corrected chi connectivity index (χ1v) is 15.1. The lowest BCUT2D eigenvalue weighted by atomic mass is 10.0. The number of aromatic nitrogens is 2. The van der Waals surface area contributed by atoms with Gasteiger partial charge >= 0.3 is 6.01 Å². The van der Waals surface area contributed by atoms with E-state index in [-0.39, 0.29) is 41.5 Å². The molecule has 2 fully saturated rings. The quantitative estimate of drug-likeness (QED) is 0.366. The van der Waals surface area contributed by atoms with E-state index < -0.39 is 5.82 Å². The second-order valence-corrected chi connectivity index (χ2v) is 12.0. The van der Waals surface area contributed by atoms with E-state index in [1.165, 1.54) is 12.1 Å². The van der Waals surface area contributed by atoms with Crippen LogP contribution in [0.2, 0.25) is 5.02 Å². The fraction of sp³-hybridized carbons (Fsp3) is 0.438. The molecule has 4 heterocycles. The molecule has 1 aromatic heterocycles. The first kappa shape index (κ1) is 30.1. The van der Waals surface area contributed by atoms with Crippen molar-refractivity contribution in [1.29, 1.82) is 5.26 Å². The van der Waals surface area contributed by atoms with Gasteiger partial charge in [0.05, 0.1) is 55.0 Å². The summed E-state index contributed by atoms with van der Waals surface area (Å²) in [7, 11) is 3.98. The van der Waals surface area contributed by atoms with E-state index in [1.807, 2.05) is 32.3 Å². The number of hydrogen-bond donors (Lipinski definition) is 0. The molecule has 1 amide bonds. The molecule has 0 N–H and O–H groups in total. The highest BCUT2D eigenvalue weighted by Gasteiger charge is 2.36. The minimum absolute atomic E-state index is 0.0516. The Morgan fingerprint density at radius 2 is 2.07 bits per heavy atom. The van der Waals surface area contributed by atoms with E-state index in [4.69, 9.17) is 31.0 Å². The number of likely N-dealkylation sites (N-methyl/N-ethyl adjacent to an activating group) is 1. The van der Waals surface area contributed by atoms with Gasteiger partial charge in [0, 0.05) is 42.8 Å². The molecule has 0 bridgehead atoms. The Kier molecular flexibility index (Phi) is 8.58. The number of nitrogens with zero attached hydrogens (tertiary/aromatic N) is 7. The highest BCUT2D eigenvalue weighted by molar-refractivity contribution is 6.36. The van der Waals surface area contributed by atoms with Gasteiger partial charge in [-0.2, -0.15) is 15.2 Å². The average molecular weight is 620 g/mol. The summed E-state index contributed by atoms with van der Waals surface area (Å²) >= 11 is 6.49. The number of hydrogen-bond acceptors (Lipinski definition) is 9. The Balaban J connectivity index is 1.38. The lowest BCUT2D eigenvalue weighted by Gasteiger charge is -2.42. The smallest absolute Gasteiger partial charge is 0.319 e. The molecule has 10 nitrogen and oxygen atoms in total. The summed E-state index contributed by atoms with van der Waals surface area (Å²) in [4.78, 5) is 30.5. The van der Waals surface area contributed by atoms with Crippen LogP contribution in [0, 0.1) is 17.1 Å². The molecule has 3 atom stereocenters. The summed E-state index contributed by atoms with van der Waals surface area (Å²) in [6.07, 6.45) is 1.88. The van der Waals surface area contributed by atoms with Crippen molar-refractivity contribution >= 4 is 39.8 Å². The molecule has 3 aromatic rings. The van der Waals surface area contributed by atoms with Crippen LogP contribution in [0.15, 0.2) is 43.0 Å². The van der Waals surface area contributed by atoms with Crippen molar-refractivity contribution in [2.45, 2.75) is 37.6 Å².